The monoisotopic (exact) mass is 343 g/mol. The van der Waals surface area contributed by atoms with Crippen LogP contribution in [0.5, 0.6) is 0 Å². The molecular formula is C19H22ClN3O. The number of anilines is 1. The van der Waals surface area contributed by atoms with Crippen LogP contribution in [0.1, 0.15) is 35.8 Å². The van der Waals surface area contributed by atoms with E-state index in [-0.39, 0.29) is 5.78 Å². The molecule has 3 rings (SSSR count). The summed E-state index contributed by atoms with van der Waals surface area (Å²) in [4.78, 5) is 20.5. The van der Waals surface area contributed by atoms with Crippen LogP contribution in [0.3, 0.4) is 0 Å². The van der Waals surface area contributed by atoms with E-state index < -0.39 is 0 Å². The molecule has 0 N–H and O–H groups in total. The van der Waals surface area contributed by atoms with Gasteiger partial charge in [-0.15, -0.1) is 0 Å². The Morgan fingerprint density at radius 1 is 1.12 bits per heavy atom. The normalized spacial score (nSPS) is 16.9. The largest absolute Gasteiger partial charge is 0.369 e. The zero-order valence-corrected chi connectivity index (χ0v) is 14.8. The molecule has 1 aliphatic heterocycles. The van der Waals surface area contributed by atoms with Crippen molar-refractivity contribution in [2.45, 2.75) is 19.9 Å². The van der Waals surface area contributed by atoms with E-state index in [4.69, 9.17) is 11.6 Å². The van der Waals surface area contributed by atoms with Crippen molar-refractivity contribution < 1.29 is 4.79 Å². The summed E-state index contributed by atoms with van der Waals surface area (Å²) in [5.41, 5.74) is 2.99. The van der Waals surface area contributed by atoms with Crippen molar-refractivity contribution in [3.8, 4) is 0 Å². The lowest BCUT2D eigenvalue weighted by atomic mass is 10.1. The minimum absolute atomic E-state index is 0.0451. The molecule has 4 nitrogen and oxygen atoms in total. The molecule has 1 aliphatic rings. The average Bonchev–Trinajstić information content (AvgIpc) is 2.61. The lowest BCUT2D eigenvalue weighted by Gasteiger charge is -2.39. The molecule has 2 heterocycles. The third-order valence-electron chi connectivity index (χ3n) is 4.70. The number of pyridine rings is 1. The summed E-state index contributed by atoms with van der Waals surface area (Å²) in [5, 5.41) is 0.616. The summed E-state index contributed by atoms with van der Waals surface area (Å²) in [6.45, 7) is 7.61. The highest BCUT2D eigenvalue weighted by atomic mass is 35.5. The van der Waals surface area contributed by atoms with E-state index in [0.717, 1.165) is 31.9 Å². The summed E-state index contributed by atoms with van der Waals surface area (Å²) in [6.07, 6.45) is 3.69. The number of nitrogens with zero attached hydrogens (tertiary/aromatic N) is 3. The summed E-state index contributed by atoms with van der Waals surface area (Å²) in [6, 6.07) is 10.1. The van der Waals surface area contributed by atoms with Gasteiger partial charge in [-0.25, -0.2) is 0 Å². The van der Waals surface area contributed by atoms with E-state index in [0.29, 0.717) is 16.6 Å². The van der Waals surface area contributed by atoms with Crippen molar-refractivity contribution in [3.05, 3.63) is 58.9 Å². The Kier molecular flexibility index (Phi) is 5.17. The van der Waals surface area contributed by atoms with Gasteiger partial charge in [0.05, 0.1) is 0 Å². The van der Waals surface area contributed by atoms with Crippen molar-refractivity contribution >= 4 is 23.1 Å². The van der Waals surface area contributed by atoms with Gasteiger partial charge in [0.1, 0.15) is 0 Å². The quantitative estimate of drug-likeness (QED) is 0.791. The van der Waals surface area contributed by atoms with Gasteiger partial charge in [-0.2, -0.15) is 0 Å². The topological polar surface area (TPSA) is 36.4 Å². The maximum atomic E-state index is 11.6. The molecule has 0 spiro atoms. The van der Waals surface area contributed by atoms with E-state index in [1.165, 1.54) is 5.56 Å². The fourth-order valence-electron chi connectivity index (χ4n) is 3.18. The molecule has 1 unspecified atom stereocenters. The standard InChI is InChI=1S/C19H22ClN3O/c1-14(16-3-5-21-6-4-16)22-7-9-23(10-8-22)19-12-17(15(2)24)11-18(20)13-19/h3-6,11-14H,7-10H2,1-2H3. The third kappa shape index (κ3) is 3.77. The highest BCUT2D eigenvalue weighted by Gasteiger charge is 2.22. The van der Waals surface area contributed by atoms with Crippen LogP contribution in [0.15, 0.2) is 42.7 Å². The lowest BCUT2D eigenvalue weighted by Crippen LogP contribution is -2.47. The highest BCUT2D eigenvalue weighted by molar-refractivity contribution is 6.31. The molecule has 1 saturated heterocycles. The van der Waals surface area contributed by atoms with Crippen molar-refractivity contribution in [3.63, 3.8) is 0 Å². The van der Waals surface area contributed by atoms with Crippen LogP contribution in [-0.4, -0.2) is 41.8 Å². The second kappa shape index (κ2) is 7.32. The molecule has 2 aromatic rings. The van der Waals surface area contributed by atoms with E-state index >= 15 is 0 Å². The molecule has 0 amide bonds. The van der Waals surface area contributed by atoms with Crippen molar-refractivity contribution in [2.75, 3.05) is 31.1 Å². The van der Waals surface area contributed by atoms with Crippen molar-refractivity contribution in [2.24, 2.45) is 0 Å². The van der Waals surface area contributed by atoms with Gasteiger partial charge in [0.25, 0.3) is 0 Å². The van der Waals surface area contributed by atoms with Crippen molar-refractivity contribution in [1.29, 1.82) is 0 Å². The highest BCUT2D eigenvalue weighted by Crippen LogP contribution is 2.26. The molecule has 0 bridgehead atoms. The molecule has 1 fully saturated rings. The number of benzene rings is 1. The minimum Gasteiger partial charge on any atom is -0.369 e. The van der Waals surface area contributed by atoms with Crippen LogP contribution >= 0.6 is 11.6 Å². The Morgan fingerprint density at radius 3 is 2.42 bits per heavy atom. The fraction of sp³-hybridized carbons (Fsp3) is 0.368. The van der Waals surface area contributed by atoms with Crippen molar-refractivity contribution in [1.82, 2.24) is 9.88 Å². The van der Waals surface area contributed by atoms with E-state index in [1.807, 2.05) is 24.5 Å². The summed E-state index contributed by atoms with van der Waals surface area (Å²) in [5.74, 6) is 0.0451. The first-order chi connectivity index (χ1) is 11.5. The summed E-state index contributed by atoms with van der Waals surface area (Å²) < 4.78 is 0. The molecule has 0 radical (unpaired) electrons. The van der Waals surface area contributed by atoms with Crippen LogP contribution in [0.2, 0.25) is 5.02 Å². The van der Waals surface area contributed by atoms with Crippen LogP contribution < -0.4 is 4.90 Å². The molecular weight excluding hydrogens is 322 g/mol. The number of carbonyl (C=O) groups excluding carboxylic acids is 1. The van der Waals surface area contributed by atoms with Gasteiger partial charge in [-0.1, -0.05) is 11.6 Å². The molecule has 0 saturated carbocycles. The zero-order valence-electron chi connectivity index (χ0n) is 14.1. The van der Waals surface area contributed by atoms with Crippen LogP contribution in [0.25, 0.3) is 0 Å². The first-order valence-corrected chi connectivity index (χ1v) is 8.63. The minimum atomic E-state index is 0.0451. The molecule has 1 aromatic carbocycles. The number of carbonyl (C=O) groups is 1. The second-order valence-electron chi connectivity index (χ2n) is 6.23. The SMILES string of the molecule is CC(=O)c1cc(Cl)cc(N2CCN(C(C)c3ccncc3)CC2)c1. The molecule has 0 aliphatic carbocycles. The number of ketones is 1. The zero-order chi connectivity index (χ0) is 17.1. The second-order valence-corrected chi connectivity index (χ2v) is 6.67. The van der Waals surface area contributed by atoms with E-state index in [9.17, 15) is 4.79 Å². The Hall–Kier alpha value is -1.91. The van der Waals surface area contributed by atoms with E-state index in [2.05, 4.69) is 33.8 Å². The predicted molar refractivity (Wildman–Crippen MR) is 97.9 cm³/mol. The number of aromatic nitrogens is 1. The smallest absolute Gasteiger partial charge is 0.159 e. The van der Waals surface area contributed by atoms with Crippen LogP contribution in [-0.2, 0) is 0 Å². The van der Waals surface area contributed by atoms with E-state index in [1.54, 1.807) is 13.0 Å². The number of Topliss-reactive ketones (excluding diaryl/α,β-unsaturated/α-hetero) is 1. The molecule has 24 heavy (non-hydrogen) atoms. The molecule has 1 aromatic heterocycles. The summed E-state index contributed by atoms with van der Waals surface area (Å²) >= 11 is 6.18. The Labute approximate surface area is 148 Å². The predicted octanol–water partition coefficient (Wildman–Crippen LogP) is 3.82. The van der Waals surface area contributed by atoms with Gasteiger partial charge >= 0.3 is 0 Å². The average molecular weight is 344 g/mol. The number of rotatable bonds is 4. The van der Waals surface area contributed by atoms with Crippen LogP contribution in [0.4, 0.5) is 5.69 Å². The fourth-order valence-corrected chi connectivity index (χ4v) is 3.41. The maximum absolute atomic E-state index is 11.6. The Bertz CT molecular complexity index is 712. The van der Waals surface area contributed by atoms with Gasteiger partial charge in [-0.3, -0.25) is 14.7 Å². The Morgan fingerprint density at radius 2 is 1.79 bits per heavy atom. The summed E-state index contributed by atoms with van der Waals surface area (Å²) in [7, 11) is 0. The first kappa shape index (κ1) is 16.9. The van der Waals surface area contributed by atoms with Gasteiger partial charge in [0, 0.05) is 60.9 Å². The van der Waals surface area contributed by atoms with Gasteiger partial charge in [0.15, 0.2) is 5.78 Å². The number of piperazine rings is 1. The maximum Gasteiger partial charge on any atom is 0.159 e. The molecule has 1 atom stereocenters. The molecule has 5 heteroatoms. The van der Waals surface area contributed by atoms with Crippen LogP contribution in [0, 0.1) is 0 Å². The van der Waals surface area contributed by atoms with Gasteiger partial charge < -0.3 is 4.90 Å². The van der Waals surface area contributed by atoms with Gasteiger partial charge in [0.2, 0.25) is 0 Å². The lowest BCUT2D eigenvalue weighted by molar-refractivity contribution is 0.101. The number of hydrogen-bond donors (Lipinski definition) is 0. The number of halogens is 1. The Balaban J connectivity index is 1.68. The first-order valence-electron chi connectivity index (χ1n) is 8.25. The molecule has 126 valence electrons. The third-order valence-corrected chi connectivity index (χ3v) is 4.92. The number of hydrogen-bond acceptors (Lipinski definition) is 4. The van der Waals surface area contributed by atoms with Gasteiger partial charge in [-0.05, 0) is 49.7 Å².